The van der Waals surface area contributed by atoms with Crippen LogP contribution in [0.25, 0.3) is 16.9 Å². The van der Waals surface area contributed by atoms with Crippen molar-refractivity contribution >= 4 is 33.5 Å². The second-order valence-corrected chi connectivity index (χ2v) is 6.98. The number of carbonyl (C=O) groups is 1. The number of aryl methyl sites for hydroxylation is 2. The van der Waals surface area contributed by atoms with Crippen molar-refractivity contribution in [1.82, 2.24) is 29.5 Å². The van der Waals surface area contributed by atoms with E-state index in [0.29, 0.717) is 10.8 Å². The number of rotatable bonds is 4. The number of nitrogens with zero attached hydrogens (tertiary/aromatic N) is 6. The molecule has 0 aliphatic carbocycles. The van der Waals surface area contributed by atoms with Crippen LogP contribution < -0.4 is 10.9 Å². The van der Waals surface area contributed by atoms with Crippen LogP contribution in [0, 0.1) is 13.8 Å². The molecule has 1 amide bonds. The van der Waals surface area contributed by atoms with Crippen LogP contribution in [0.15, 0.2) is 40.9 Å². The number of thiazole rings is 1. The van der Waals surface area contributed by atoms with Crippen molar-refractivity contribution in [2.45, 2.75) is 20.4 Å². The minimum atomic E-state index is -0.426. The Kier molecular flexibility index (Phi) is 4.24. The van der Waals surface area contributed by atoms with Gasteiger partial charge in [-0.1, -0.05) is 11.3 Å². The van der Waals surface area contributed by atoms with Crippen molar-refractivity contribution in [3.63, 3.8) is 0 Å². The maximum absolute atomic E-state index is 12.7. The molecule has 0 spiro atoms. The van der Waals surface area contributed by atoms with E-state index in [1.54, 1.807) is 11.6 Å². The summed E-state index contributed by atoms with van der Waals surface area (Å²) in [4.78, 5) is 33.0. The van der Waals surface area contributed by atoms with Gasteiger partial charge in [0.05, 0.1) is 5.69 Å². The fraction of sp³-hybridized carbons (Fsp3) is 0.176. The fourth-order valence-corrected chi connectivity index (χ4v) is 3.35. The number of amides is 1. The van der Waals surface area contributed by atoms with E-state index in [0.717, 1.165) is 16.8 Å². The lowest BCUT2D eigenvalue weighted by Crippen LogP contribution is -2.28. The molecule has 27 heavy (non-hydrogen) atoms. The number of carbonyl (C=O) groups excluding carboxylic acids is 1. The van der Waals surface area contributed by atoms with E-state index < -0.39 is 5.56 Å². The van der Waals surface area contributed by atoms with Gasteiger partial charge in [0.15, 0.2) is 16.3 Å². The summed E-state index contributed by atoms with van der Waals surface area (Å²) in [7, 11) is 0. The van der Waals surface area contributed by atoms with Crippen LogP contribution in [0.1, 0.15) is 11.1 Å². The average molecular weight is 381 g/mol. The third kappa shape index (κ3) is 3.34. The van der Waals surface area contributed by atoms with Crippen LogP contribution in [0.4, 0.5) is 5.13 Å². The molecule has 9 nitrogen and oxygen atoms in total. The van der Waals surface area contributed by atoms with Crippen molar-refractivity contribution in [3.05, 3.63) is 57.6 Å². The predicted octanol–water partition coefficient (Wildman–Crippen LogP) is 1.69. The largest absolute Gasteiger partial charge is 0.300 e. The van der Waals surface area contributed by atoms with Crippen molar-refractivity contribution in [1.29, 1.82) is 0 Å². The lowest BCUT2D eigenvalue weighted by atomic mass is 10.1. The van der Waals surface area contributed by atoms with Gasteiger partial charge in [-0.05, 0) is 37.1 Å². The normalized spacial score (nSPS) is 11.0. The van der Waals surface area contributed by atoms with Crippen LogP contribution >= 0.6 is 11.3 Å². The molecular formula is C17H15N7O2S. The SMILES string of the molecule is Cc1cc(C)cc(-n2nnc3c(=O)n(CC(=O)Nc4nccs4)cnc32)c1. The fourth-order valence-electron chi connectivity index (χ4n) is 2.80. The van der Waals surface area contributed by atoms with Crippen molar-refractivity contribution in [2.75, 3.05) is 5.32 Å². The Morgan fingerprint density at radius 2 is 1.96 bits per heavy atom. The first-order valence-corrected chi connectivity index (χ1v) is 8.98. The molecule has 0 saturated heterocycles. The van der Waals surface area contributed by atoms with Crippen molar-refractivity contribution in [3.8, 4) is 5.69 Å². The Bertz CT molecular complexity index is 1170. The molecule has 0 saturated carbocycles. The Hall–Kier alpha value is -3.40. The molecule has 3 heterocycles. The topological polar surface area (TPSA) is 108 Å². The molecule has 1 aromatic carbocycles. The van der Waals surface area contributed by atoms with E-state index >= 15 is 0 Å². The van der Waals surface area contributed by atoms with Gasteiger partial charge in [0, 0.05) is 11.6 Å². The van der Waals surface area contributed by atoms with Crippen LogP contribution in [-0.2, 0) is 11.3 Å². The first kappa shape index (κ1) is 17.0. The molecule has 0 bridgehead atoms. The maximum Gasteiger partial charge on any atom is 0.284 e. The van der Waals surface area contributed by atoms with Crippen molar-refractivity contribution < 1.29 is 4.79 Å². The van der Waals surface area contributed by atoms with Gasteiger partial charge < -0.3 is 5.32 Å². The standard InChI is InChI=1S/C17H15N7O2S/c1-10-5-11(2)7-12(6-10)24-15-14(21-22-24)16(26)23(9-19-15)8-13(25)20-17-18-3-4-27-17/h3-7,9H,8H2,1-2H3,(H,18,20,25). The van der Waals surface area contributed by atoms with Gasteiger partial charge in [-0.3, -0.25) is 14.2 Å². The maximum atomic E-state index is 12.7. The number of anilines is 1. The quantitative estimate of drug-likeness (QED) is 0.576. The number of hydrogen-bond acceptors (Lipinski definition) is 7. The Morgan fingerprint density at radius 1 is 1.19 bits per heavy atom. The highest BCUT2D eigenvalue weighted by molar-refractivity contribution is 7.13. The van der Waals surface area contributed by atoms with Gasteiger partial charge in [0.25, 0.3) is 5.56 Å². The molecule has 3 aromatic heterocycles. The van der Waals surface area contributed by atoms with Gasteiger partial charge >= 0.3 is 0 Å². The van der Waals surface area contributed by atoms with Gasteiger partial charge in [0.1, 0.15) is 12.9 Å². The molecule has 0 radical (unpaired) electrons. The van der Waals surface area contributed by atoms with Gasteiger partial charge in [-0.2, -0.15) is 4.68 Å². The minimum Gasteiger partial charge on any atom is -0.300 e. The second-order valence-electron chi connectivity index (χ2n) is 6.08. The van der Waals surface area contributed by atoms with Gasteiger partial charge in [0.2, 0.25) is 5.91 Å². The molecule has 0 aliphatic rings. The van der Waals surface area contributed by atoms with E-state index in [9.17, 15) is 9.59 Å². The summed E-state index contributed by atoms with van der Waals surface area (Å²) in [5, 5.41) is 12.9. The third-order valence-corrected chi connectivity index (χ3v) is 4.56. The van der Waals surface area contributed by atoms with Crippen LogP contribution in [0.3, 0.4) is 0 Å². The zero-order valence-electron chi connectivity index (χ0n) is 14.6. The predicted molar refractivity (Wildman–Crippen MR) is 101 cm³/mol. The summed E-state index contributed by atoms with van der Waals surface area (Å²) in [5.74, 6) is -0.366. The Morgan fingerprint density at radius 3 is 2.67 bits per heavy atom. The monoisotopic (exact) mass is 381 g/mol. The van der Waals surface area contributed by atoms with Crippen LogP contribution in [-0.4, -0.2) is 35.4 Å². The molecule has 0 fully saturated rings. The third-order valence-electron chi connectivity index (χ3n) is 3.87. The average Bonchev–Trinajstić information content (AvgIpc) is 3.26. The van der Waals surface area contributed by atoms with Gasteiger partial charge in [-0.15, -0.1) is 16.4 Å². The molecule has 4 rings (SSSR count). The summed E-state index contributed by atoms with van der Waals surface area (Å²) >= 11 is 1.30. The first-order chi connectivity index (χ1) is 13.0. The smallest absolute Gasteiger partial charge is 0.284 e. The number of aromatic nitrogens is 6. The van der Waals surface area contributed by atoms with Crippen LogP contribution in [0.5, 0.6) is 0 Å². The molecular weight excluding hydrogens is 366 g/mol. The zero-order chi connectivity index (χ0) is 19.0. The molecule has 10 heteroatoms. The minimum absolute atomic E-state index is 0.110. The summed E-state index contributed by atoms with van der Waals surface area (Å²) < 4.78 is 2.72. The molecule has 0 atom stereocenters. The molecule has 0 unspecified atom stereocenters. The summed E-state index contributed by atoms with van der Waals surface area (Å²) in [5.41, 5.74) is 2.95. The molecule has 0 aliphatic heterocycles. The van der Waals surface area contributed by atoms with Gasteiger partial charge in [-0.25, -0.2) is 9.97 Å². The van der Waals surface area contributed by atoms with Crippen molar-refractivity contribution in [2.24, 2.45) is 0 Å². The second kappa shape index (κ2) is 6.72. The van der Waals surface area contributed by atoms with E-state index in [1.807, 2.05) is 32.0 Å². The highest BCUT2D eigenvalue weighted by Crippen LogP contribution is 2.16. The van der Waals surface area contributed by atoms with Crippen LogP contribution in [0.2, 0.25) is 0 Å². The van der Waals surface area contributed by atoms with E-state index in [4.69, 9.17) is 0 Å². The molecule has 136 valence electrons. The molecule has 1 N–H and O–H groups in total. The summed E-state index contributed by atoms with van der Waals surface area (Å²) in [6.07, 6.45) is 2.92. The lowest BCUT2D eigenvalue weighted by Gasteiger charge is -2.06. The number of nitrogens with one attached hydrogen (secondary N) is 1. The summed E-state index contributed by atoms with van der Waals surface area (Å²) in [6.45, 7) is 3.78. The highest BCUT2D eigenvalue weighted by Gasteiger charge is 2.15. The summed E-state index contributed by atoms with van der Waals surface area (Å²) in [6, 6.07) is 5.93. The lowest BCUT2D eigenvalue weighted by molar-refractivity contribution is -0.116. The number of benzene rings is 1. The van der Waals surface area contributed by atoms with E-state index in [2.05, 4.69) is 25.6 Å². The Balaban J connectivity index is 1.67. The Labute approximate surface area is 157 Å². The first-order valence-electron chi connectivity index (χ1n) is 8.10. The molecule has 4 aromatic rings. The zero-order valence-corrected chi connectivity index (χ0v) is 15.4. The highest BCUT2D eigenvalue weighted by atomic mass is 32.1. The van der Waals surface area contributed by atoms with E-state index in [-0.39, 0.29) is 18.0 Å². The number of hydrogen-bond donors (Lipinski definition) is 1. The number of fused-ring (bicyclic) bond motifs is 1. The van der Waals surface area contributed by atoms with E-state index in [1.165, 1.54) is 26.9 Å².